The quantitative estimate of drug-likeness (QED) is 0.659. The molecule has 154 valence electrons. The SMILES string of the molecule is C[C@@H](NC(=O)C[NH+]1CCN(c2ncccn2)CC1)c1ccc(-c2ccccc2)cc1. The van der Waals surface area contributed by atoms with Crippen molar-refractivity contribution in [2.24, 2.45) is 0 Å². The Hall–Kier alpha value is -3.25. The van der Waals surface area contributed by atoms with Crippen molar-refractivity contribution >= 4 is 11.9 Å². The van der Waals surface area contributed by atoms with E-state index >= 15 is 0 Å². The normalized spacial score (nSPS) is 15.6. The van der Waals surface area contributed by atoms with E-state index in [0.717, 1.165) is 37.7 Å². The lowest BCUT2D eigenvalue weighted by atomic mass is 10.0. The third-order valence-corrected chi connectivity index (χ3v) is 5.61. The Labute approximate surface area is 177 Å². The third-order valence-electron chi connectivity index (χ3n) is 5.61. The first-order chi connectivity index (χ1) is 14.7. The fourth-order valence-corrected chi connectivity index (χ4v) is 3.85. The molecule has 0 saturated carbocycles. The summed E-state index contributed by atoms with van der Waals surface area (Å²) in [6.07, 6.45) is 3.53. The van der Waals surface area contributed by atoms with Gasteiger partial charge in [0.25, 0.3) is 5.91 Å². The Morgan fingerprint density at radius 3 is 2.27 bits per heavy atom. The van der Waals surface area contributed by atoms with Gasteiger partial charge in [0.2, 0.25) is 5.95 Å². The zero-order valence-electron chi connectivity index (χ0n) is 17.3. The largest absolute Gasteiger partial charge is 0.345 e. The molecule has 1 amide bonds. The molecule has 3 aromatic rings. The van der Waals surface area contributed by atoms with Crippen molar-refractivity contribution < 1.29 is 9.69 Å². The molecule has 0 radical (unpaired) electrons. The van der Waals surface area contributed by atoms with Crippen LogP contribution in [0, 0.1) is 0 Å². The summed E-state index contributed by atoms with van der Waals surface area (Å²) < 4.78 is 0. The van der Waals surface area contributed by atoms with Crippen LogP contribution >= 0.6 is 0 Å². The van der Waals surface area contributed by atoms with Gasteiger partial charge in [0, 0.05) is 12.4 Å². The average molecular weight is 403 g/mol. The van der Waals surface area contributed by atoms with E-state index < -0.39 is 0 Å². The zero-order chi connectivity index (χ0) is 20.8. The van der Waals surface area contributed by atoms with Crippen molar-refractivity contribution in [3.63, 3.8) is 0 Å². The van der Waals surface area contributed by atoms with Crippen molar-refractivity contribution in [3.8, 4) is 11.1 Å². The van der Waals surface area contributed by atoms with Gasteiger partial charge in [0.05, 0.1) is 32.2 Å². The summed E-state index contributed by atoms with van der Waals surface area (Å²) in [6.45, 7) is 6.08. The van der Waals surface area contributed by atoms with E-state index in [1.54, 1.807) is 12.4 Å². The molecule has 1 aromatic heterocycles. The number of carbonyl (C=O) groups excluding carboxylic acids is 1. The lowest BCUT2D eigenvalue weighted by molar-refractivity contribution is -0.892. The molecule has 1 saturated heterocycles. The molecule has 0 spiro atoms. The zero-order valence-corrected chi connectivity index (χ0v) is 17.3. The smallest absolute Gasteiger partial charge is 0.275 e. The van der Waals surface area contributed by atoms with Crippen molar-refractivity contribution in [1.29, 1.82) is 0 Å². The third kappa shape index (κ3) is 5.02. The lowest BCUT2D eigenvalue weighted by Crippen LogP contribution is -3.16. The Kier molecular flexibility index (Phi) is 6.35. The molecule has 4 rings (SSSR count). The molecule has 2 heterocycles. The van der Waals surface area contributed by atoms with Gasteiger partial charge >= 0.3 is 0 Å². The van der Waals surface area contributed by atoms with Gasteiger partial charge in [-0.05, 0) is 29.7 Å². The number of hydrogen-bond acceptors (Lipinski definition) is 4. The van der Waals surface area contributed by atoms with Crippen molar-refractivity contribution in [1.82, 2.24) is 15.3 Å². The maximum absolute atomic E-state index is 12.6. The monoisotopic (exact) mass is 402 g/mol. The molecule has 0 aliphatic carbocycles. The fraction of sp³-hybridized carbons (Fsp3) is 0.292. The minimum absolute atomic E-state index is 0.0132. The number of benzene rings is 2. The molecular formula is C24H28N5O+. The standard InChI is InChI=1S/C24H27N5O/c1-19(20-8-10-22(11-9-20)21-6-3-2-4-7-21)27-23(30)18-28-14-16-29(17-15-28)24-25-12-5-13-26-24/h2-13,19H,14-18H2,1H3,(H,27,30)/p+1/t19-/m1/s1. The van der Waals surface area contributed by atoms with E-state index in [2.05, 4.69) is 56.6 Å². The average Bonchev–Trinajstić information content (AvgIpc) is 2.81. The molecule has 0 bridgehead atoms. The summed E-state index contributed by atoms with van der Waals surface area (Å²) in [4.78, 5) is 24.7. The van der Waals surface area contributed by atoms with Gasteiger partial charge < -0.3 is 15.1 Å². The number of nitrogens with one attached hydrogen (secondary N) is 2. The highest BCUT2D eigenvalue weighted by Gasteiger charge is 2.24. The Morgan fingerprint density at radius 1 is 0.967 bits per heavy atom. The minimum Gasteiger partial charge on any atom is -0.345 e. The Balaban J connectivity index is 1.26. The number of anilines is 1. The first-order valence-corrected chi connectivity index (χ1v) is 10.5. The fourth-order valence-electron chi connectivity index (χ4n) is 3.85. The number of hydrogen-bond donors (Lipinski definition) is 2. The minimum atomic E-state index is -0.0132. The first-order valence-electron chi connectivity index (χ1n) is 10.5. The number of aromatic nitrogens is 2. The maximum Gasteiger partial charge on any atom is 0.275 e. The first kappa shape index (κ1) is 20.0. The van der Waals surface area contributed by atoms with Gasteiger partial charge in [-0.25, -0.2) is 9.97 Å². The van der Waals surface area contributed by atoms with Crippen LogP contribution in [0.2, 0.25) is 0 Å². The van der Waals surface area contributed by atoms with Crippen LogP contribution in [0.4, 0.5) is 5.95 Å². The van der Waals surface area contributed by atoms with Crippen LogP contribution in [-0.2, 0) is 4.79 Å². The van der Waals surface area contributed by atoms with Gasteiger partial charge in [-0.2, -0.15) is 0 Å². The van der Waals surface area contributed by atoms with Crippen LogP contribution in [0.1, 0.15) is 18.5 Å². The predicted molar refractivity (Wildman–Crippen MR) is 118 cm³/mol. The number of carbonyl (C=O) groups is 1. The number of rotatable bonds is 6. The van der Waals surface area contributed by atoms with Gasteiger partial charge in [0.15, 0.2) is 6.54 Å². The van der Waals surface area contributed by atoms with Crippen LogP contribution in [0.25, 0.3) is 11.1 Å². The van der Waals surface area contributed by atoms with Crippen molar-refractivity contribution in [2.45, 2.75) is 13.0 Å². The van der Waals surface area contributed by atoms with Gasteiger partial charge in [-0.15, -0.1) is 0 Å². The van der Waals surface area contributed by atoms with Gasteiger partial charge in [0.1, 0.15) is 0 Å². The van der Waals surface area contributed by atoms with E-state index in [9.17, 15) is 4.79 Å². The lowest BCUT2D eigenvalue weighted by Gasteiger charge is -2.31. The van der Waals surface area contributed by atoms with Crippen LogP contribution in [0.3, 0.4) is 0 Å². The van der Waals surface area contributed by atoms with Gasteiger partial charge in [-0.1, -0.05) is 54.6 Å². The highest BCUT2D eigenvalue weighted by molar-refractivity contribution is 5.77. The summed E-state index contributed by atoms with van der Waals surface area (Å²) in [5.74, 6) is 0.864. The molecule has 1 atom stereocenters. The van der Waals surface area contributed by atoms with E-state index in [0.29, 0.717) is 6.54 Å². The van der Waals surface area contributed by atoms with Gasteiger partial charge in [-0.3, -0.25) is 4.79 Å². The summed E-state index contributed by atoms with van der Waals surface area (Å²) in [7, 11) is 0. The molecule has 1 fully saturated rings. The molecule has 1 aliphatic heterocycles. The van der Waals surface area contributed by atoms with E-state index in [4.69, 9.17) is 0 Å². The second kappa shape index (κ2) is 9.50. The number of nitrogens with zero attached hydrogens (tertiary/aromatic N) is 3. The maximum atomic E-state index is 12.6. The summed E-state index contributed by atoms with van der Waals surface area (Å²) in [5.41, 5.74) is 3.50. The van der Waals surface area contributed by atoms with Crippen molar-refractivity contribution in [3.05, 3.63) is 78.6 Å². The number of quaternary nitrogens is 1. The summed E-state index contributed by atoms with van der Waals surface area (Å²) >= 11 is 0. The predicted octanol–water partition coefficient (Wildman–Crippen LogP) is 1.73. The van der Waals surface area contributed by atoms with Crippen LogP contribution in [0.5, 0.6) is 0 Å². The van der Waals surface area contributed by atoms with Crippen LogP contribution in [0.15, 0.2) is 73.1 Å². The molecule has 6 heteroatoms. The second-order valence-corrected chi connectivity index (χ2v) is 7.74. The van der Waals surface area contributed by atoms with Crippen LogP contribution in [-0.4, -0.2) is 48.6 Å². The molecule has 2 N–H and O–H groups in total. The van der Waals surface area contributed by atoms with E-state index in [1.807, 2.05) is 31.2 Å². The van der Waals surface area contributed by atoms with Crippen LogP contribution < -0.4 is 15.1 Å². The summed E-state index contributed by atoms with van der Waals surface area (Å²) in [5, 5.41) is 3.15. The second-order valence-electron chi connectivity index (χ2n) is 7.74. The van der Waals surface area contributed by atoms with E-state index in [1.165, 1.54) is 16.0 Å². The van der Waals surface area contributed by atoms with E-state index in [-0.39, 0.29) is 11.9 Å². The highest BCUT2D eigenvalue weighted by atomic mass is 16.2. The molecule has 2 aromatic carbocycles. The molecular weight excluding hydrogens is 374 g/mol. The molecule has 6 nitrogen and oxygen atoms in total. The summed E-state index contributed by atoms with van der Waals surface area (Å²) in [6, 6.07) is 20.5. The highest BCUT2D eigenvalue weighted by Crippen LogP contribution is 2.21. The molecule has 0 unspecified atom stereocenters. The molecule has 30 heavy (non-hydrogen) atoms. The number of amides is 1. The van der Waals surface area contributed by atoms with Crippen molar-refractivity contribution in [2.75, 3.05) is 37.6 Å². The topological polar surface area (TPSA) is 62.6 Å². The number of piperazine rings is 1. The molecule has 1 aliphatic rings. The Bertz CT molecular complexity index is 938. The Morgan fingerprint density at radius 2 is 1.60 bits per heavy atom.